The Hall–Kier alpha value is -2.11. The molecule has 0 aromatic rings. The van der Waals surface area contributed by atoms with E-state index in [4.69, 9.17) is 14.2 Å². The van der Waals surface area contributed by atoms with E-state index >= 15 is 0 Å². The molecule has 0 spiro atoms. The molecule has 0 aromatic heterocycles. The van der Waals surface area contributed by atoms with Gasteiger partial charge in [-0.2, -0.15) is 0 Å². The van der Waals surface area contributed by atoms with E-state index in [0.29, 0.717) is 19.3 Å². The van der Waals surface area contributed by atoms with Crippen LogP contribution in [0.4, 0.5) is 0 Å². The summed E-state index contributed by atoms with van der Waals surface area (Å²) in [6.07, 6.45) is 58.8. The Balaban J connectivity index is 4.30. The topological polar surface area (TPSA) is 78.9 Å². The Morgan fingerprint density at radius 3 is 0.839 bits per heavy atom. The number of hydrogen-bond donors (Lipinski definition) is 0. The molecule has 1 unspecified atom stereocenters. The number of rotatable bonds is 50. The predicted octanol–water partition coefficient (Wildman–Crippen LogP) is 17.9. The second-order valence-corrected chi connectivity index (χ2v) is 18.5. The van der Waals surface area contributed by atoms with Crippen LogP contribution in [-0.4, -0.2) is 37.2 Å². The fourth-order valence-corrected chi connectivity index (χ4v) is 8.02. The highest BCUT2D eigenvalue weighted by Gasteiger charge is 2.19. The van der Waals surface area contributed by atoms with Gasteiger partial charge in [0.05, 0.1) is 0 Å². The van der Waals surface area contributed by atoms with Gasteiger partial charge in [-0.3, -0.25) is 14.4 Å². The average Bonchev–Trinajstić information content (AvgIpc) is 3.27. The van der Waals surface area contributed by atoms with Crippen LogP contribution < -0.4 is 0 Å². The predicted molar refractivity (Wildman–Crippen MR) is 266 cm³/mol. The summed E-state index contributed by atoms with van der Waals surface area (Å²) in [4.78, 5) is 38.0. The number of carbonyl (C=O) groups excluding carboxylic acids is 3. The first-order valence-corrected chi connectivity index (χ1v) is 27.3. The van der Waals surface area contributed by atoms with Crippen molar-refractivity contribution >= 4 is 17.9 Å². The number of ether oxygens (including phenoxy) is 3. The minimum absolute atomic E-state index is 0.0723. The van der Waals surface area contributed by atoms with E-state index in [1.807, 2.05) is 0 Å². The summed E-state index contributed by atoms with van der Waals surface area (Å²) in [5.74, 6) is -0.871. The van der Waals surface area contributed by atoms with Crippen molar-refractivity contribution in [2.45, 2.75) is 303 Å². The number of unbranched alkanes of at least 4 members (excludes halogenated alkanes) is 35. The maximum atomic E-state index is 12.8. The van der Waals surface area contributed by atoms with Crippen molar-refractivity contribution in [1.29, 1.82) is 0 Å². The Morgan fingerprint density at radius 2 is 0.532 bits per heavy atom. The lowest BCUT2D eigenvalue weighted by molar-refractivity contribution is -0.167. The molecule has 1 atom stereocenters. The van der Waals surface area contributed by atoms with Gasteiger partial charge in [-0.15, -0.1) is 0 Å². The van der Waals surface area contributed by atoms with Crippen LogP contribution in [0.2, 0.25) is 0 Å². The summed E-state index contributed by atoms with van der Waals surface area (Å²) < 4.78 is 16.8. The molecule has 0 aliphatic rings. The summed E-state index contributed by atoms with van der Waals surface area (Å²) in [6.45, 7) is 6.63. The Morgan fingerprint density at radius 1 is 0.306 bits per heavy atom. The fraction of sp³-hybridized carbons (Fsp3) is 0.875. The van der Waals surface area contributed by atoms with E-state index < -0.39 is 6.10 Å². The van der Waals surface area contributed by atoms with Gasteiger partial charge >= 0.3 is 17.9 Å². The zero-order chi connectivity index (χ0) is 45.1. The molecule has 6 heteroatoms. The Labute approximate surface area is 385 Å². The third-order valence-corrected chi connectivity index (χ3v) is 12.2. The van der Waals surface area contributed by atoms with Crippen molar-refractivity contribution in [2.75, 3.05) is 13.2 Å². The fourth-order valence-electron chi connectivity index (χ4n) is 8.02. The van der Waals surface area contributed by atoms with Crippen molar-refractivity contribution in [3.63, 3.8) is 0 Å². The summed E-state index contributed by atoms with van der Waals surface area (Å²) in [5, 5.41) is 0. The standard InChI is InChI=1S/C56H104O6/c1-4-7-10-13-16-19-22-25-26-27-28-29-30-32-34-37-40-43-46-49-55(58)61-52-53(51-60-54(57)48-45-42-39-36-33-24-21-18-15-12-9-6-3)62-56(59)50-47-44-41-38-35-31-23-20-17-14-11-8-5-2/h18,21,27-28,53H,4-17,19-20,22-26,29-52H2,1-3H3/b21-18-,28-27-. The van der Waals surface area contributed by atoms with Gasteiger partial charge in [0.1, 0.15) is 13.2 Å². The van der Waals surface area contributed by atoms with Crippen LogP contribution in [0.15, 0.2) is 24.3 Å². The second-order valence-electron chi connectivity index (χ2n) is 18.5. The Kier molecular flexibility index (Phi) is 49.8. The number of carbonyl (C=O) groups is 3. The summed E-state index contributed by atoms with van der Waals surface area (Å²) in [5.41, 5.74) is 0. The minimum Gasteiger partial charge on any atom is -0.462 e. The zero-order valence-electron chi connectivity index (χ0n) is 41.7. The highest BCUT2D eigenvalue weighted by Crippen LogP contribution is 2.16. The van der Waals surface area contributed by atoms with E-state index in [2.05, 4.69) is 45.1 Å². The smallest absolute Gasteiger partial charge is 0.306 e. The molecule has 0 bridgehead atoms. The first-order valence-electron chi connectivity index (χ1n) is 27.3. The van der Waals surface area contributed by atoms with Gasteiger partial charge in [0.25, 0.3) is 0 Å². The molecule has 0 heterocycles. The minimum atomic E-state index is -0.771. The highest BCUT2D eigenvalue weighted by molar-refractivity contribution is 5.71. The van der Waals surface area contributed by atoms with Crippen LogP contribution in [0, 0.1) is 0 Å². The molecular formula is C56H104O6. The molecule has 6 nitrogen and oxygen atoms in total. The molecule has 364 valence electrons. The molecule has 62 heavy (non-hydrogen) atoms. The van der Waals surface area contributed by atoms with Gasteiger partial charge < -0.3 is 14.2 Å². The maximum absolute atomic E-state index is 12.8. The molecule has 0 amide bonds. The third-order valence-electron chi connectivity index (χ3n) is 12.2. The van der Waals surface area contributed by atoms with Crippen LogP contribution in [0.5, 0.6) is 0 Å². The normalized spacial score (nSPS) is 12.1. The van der Waals surface area contributed by atoms with Gasteiger partial charge in [0, 0.05) is 19.3 Å². The lowest BCUT2D eigenvalue weighted by Gasteiger charge is -2.18. The van der Waals surface area contributed by atoms with Gasteiger partial charge in [-0.25, -0.2) is 0 Å². The first-order chi connectivity index (χ1) is 30.5. The van der Waals surface area contributed by atoms with E-state index in [-0.39, 0.29) is 31.1 Å². The van der Waals surface area contributed by atoms with Crippen LogP contribution in [0.3, 0.4) is 0 Å². The van der Waals surface area contributed by atoms with Gasteiger partial charge in [0.2, 0.25) is 0 Å². The van der Waals surface area contributed by atoms with Crippen molar-refractivity contribution in [3.8, 4) is 0 Å². The van der Waals surface area contributed by atoms with Crippen LogP contribution in [0.1, 0.15) is 297 Å². The molecular weight excluding hydrogens is 769 g/mol. The third kappa shape index (κ3) is 48.9. The molecule has 0 aliphatic heterocycles. The van der Waals surface area contributed by atoms with Crippen molar-refractivity contribution in [1.82, 2.24) is 0 Å². The molecule has 0 fully saturated rings. The van der Waals surface area contributed by atoms with Crippen LogP contribution >= 0.6 is 0 Å². The van der Waals surface area contributed by atoms with Crippen LogP contribution in [0.25, 0.3) is 0 Å². The highest BCUT2D eigenvalue weighted by atomic mass is 16.6. The molecule has 0 aromatic carbocycles. The van der Waals surface area contributed by atoms with Crippen LogP contribution in [-0.2, 0) is 28.6 Å². The Bertz CT molecular complexity index is 1000. The first kappa shape index (κ1) is 59.9. The number of allylic oxidation sites excluding steroid dienone is 4. The quantitative estimate of drug-likeness (QED) is 0.0262. The van der Waals surface area contributed by atoms with E-state index in [0.717, 1.165) is 64.2 Å². The van der Waals surface area contributed by atoms with E-state index in [1.165, 1.54) is 193 Å². The van der Waals surface area contributed by atoms with Gasteiger partial charge in [-0.1, -0.05) is 231 Å². The molecule has 0 N–H and O–H groups in total. The maximum Gasteiger partial charge on any atom is 0.306 e. The van der Waals surface area contributed by atoms with E-state index in [9.17, 15) is 14.4 Å². The lowest BCUT2D eigenvalue weighted by Crippen LogP contribution is -2.30. The average molecular weight is 873 g/mol. The summed E-state index contributed by atoms with van der Waals surface area (Å²) >= 11 is 0. The molecule has 0 rings (SSSR count). The van der Waals surface area contributed by atoms with E-state index in [1.54, 1.807) is 0 Å². The molecule has 0 radical (unpaired) electrons. The lowest BCUT2D eigenvalue weighted by atomic mass is 10.0. The number of hydrogen-bond acceptors (Lipinski definition) is 6. The summed E-state index contributed by atoms with van der Waals surface area (Å²) in [6, 6.07) is 0. The van der Waals surface area contributed by atoms with Gasteiger partial charge in [0.15, 0.2) is 6.10 Å². The SMILES string of the molecule is CCCCC/C=C\CCCCCCCC(=O)OCC(COC(=O)CCCCCCCCC/C=C\CCCCCCCCCC)OC(=O)CCCCCCCCCCCCCCC. The van der Waals surface area contributed by atoms with Crippen molar-refractivity contribution in [2.24, 2.45) is 0 Å². The molecule has 0 aliphatic carbocycles. The number of esters is 3. The van der Waals surface area contributed by atoms with Crippen molar-refractivity contribution in [3.05, 3.63) is 24.3 Å². The molecule has 0 saturated carbocycles. The van der Waals surface area contributed by atoms with Crippen molar-refractivity contribution < 1.29 is 28.6 Å². The van der Waals surface area contributed by atoms with Gasteiger partial charge in [-0.05, 0) is 70.6 Å². The summed E-state index contributed by atoms with van der Waals surface area (Å²) in [7, 11) is 0. The molecule has 0 saturated heterocycles. The zero-order valence-corrected chi connectivity index (χ0v) is 41.7. The second kappa shape index (κ2) is 51.5. The largest absolute Gasteiger partial charge is 0.462 e. The monoisotopic (exact) mass is 873 g/mol.